The van der Waals surface area contributed by atoms with E-state index in [1.54, 1.807) is 24.4 Å². The minimum Gasteiger partial charge on any atom is -0.492 e. The summed E-state index contributed by atoms with van der Waals surface area (Å²) in [4.78, 5) is 7.55. The molecule has 5 heteroatoms. The molecule has 0 amide bonds. The van der Waals surface area contributed by atoms with E-state index in [9.17, 15) is 0 Å². The molecule has 0 aliphatic carbocycles. The zero-order valence-corrected chi connectivity index (χ0v) is 10.6. The second kappa shape index (κ2) is 5.74. The van der Waals surface area contributed by atoms with E-state index in [1.165, 1.54) is 0 Å². The van der Waals surface area contributed by atoms with Crippen molar-refractivity contribution in [2.24, 2.45) is 0 Å². The first-order valence-electron chi connectivity index (χ1n) is 5.85. The summed E-state index contributed by atoms with van der Waals surface area (Å²) in [6, 6.07) is 8.75. The van der Waals surface area contributed by atoms with Crippen LogP contribution in [0.5, 0.6) is 5.75 Å². The molecule has 0 atom stereocenters. The highest BCUT2D eigenvalue weighted by atomic mass is 16.5. The molecule has 1 aromatic carbocycles. The largest absolute Gasteiger partial charge is 0.492 e. The molecular formula is C14H14N4O. The molecule has 0 saturated carbocycles. The van der Waals surface area contributed by atoms with Crippen LogP contribution in [0.3, 0.4) is 0 Å². The molecular weight excluding hydrogens is 240 g/mol. The molecule has 3 N–H and O–H groups in total. The first-order valence-corrected chi connectivity index (χ1v) is 5.85. The zero-order chi connectivity index (χ0) is 13.7. The van der Waals surface area contributed by atoms with Gasteiger partial charge >= 0.3 is 0 Å². The Morgan fingerprint density at radius 3 is 2.79 bits per heavy atom. The summed E-state index contributed by atoms with van der Waals surface area (Å²) in [5.74, 6) is 1.40. The van der Waals surface area contributed by atoms with E-state index < -0.39 is 0 Å². The monoisotopic (exact) mass is 254 g/mol. The number of hydrogen-bond acceptors (Lipinski definition) is 4. The minimum atomic E-state index is 0.516. The van der Waals surface area contributed by atoms with Crippen LogP contribution >= 0.6 is 0 Å². The number of rotatable bonds is 4. The Balaban J connectivity index is 2.15. The summed E-state index contributed by atoms with van der Waals surface area (Å²) < 4.78 is 5.32. The lowest BCUT2D eigenvalue weighted by molar-refractivity contribution is 0.339. The van der Waals surface area contributed by atoms with Crippen molar-refractivity contribution in [2.45, 2.75) is 6.92 Å². The van der Waals surface area contributed by atoms with E-state index in [0.717, 1.165) is 11.4 Å². The lowest BCUT2D eigenvalue weighted by Gasteiger charge is -2.09. The third kappa shape index (κ3) is 3.13. The molecule has 2 rings (SSSR count). The van der Waals surface area contributed by atoms with Gasteiger partial charge in [0.05, 0.1) is 25.1 Å². The summed E-state index contributed by atoms with van der Waals surface area (Å²) in [6.45, 7) is 9.45. The summed E-state index contributed by atoms with van der Waals surface area (Å²) in [6.07, 6.45) is 1.65. The number of pyridine rings is 1. The fourth-order valence-electron chi connectivity index (χ4n) is 1.58. The summed E-state index contributed by atoms with van der Waals surface area (Å²) >= 11 is 0. The van der Waals surface area contributed by atoms with Gasteiger partial charge in [-0.3, -0.25) is 0 Å². The van der Waals surface area contributed by atoms with Gasteiger partial charge in [-0.2, -0.15) is 0 Å². The van der Waals surface area contributed by atoms with Gasteiger partial charge < -0.3 is 15.8 Å². The van der Waals surface area contributed by atoms with Crippen LogP contribution in [0.15, 0.2) is 36.5 Å². The van der Waals surface area contributed by atoms with Crippen LogP contribution in [0.4, 0.5) is 22.9 Å². The van der Waals surface area contributed by atoms with Gasteiger partial charge in [0.25, 0.3) is 0 Å². The quantitative estimate of drug-likeness (QED) is 0.648. The Kier molecular flexibility index (Phi) is 3.84. The predicted molar refractivity (Wildman–Crippen MR) is 75.8 cm³/mol. The average molecular weight is 254 g/mol. The van der Waals surface area contributed by atoms with E-state index >= 15 is 0 Å². The van der Waals surface area contributed by atoms with Gasteiger partial charge in [0.2, 0.25) is 0 Å². The van der Waals surface area contributed by atoms with Crippen molar-refractivity contribution in [3.8, 4) is 5.75 Å². The molecule has 0 radical (unpaired) electrons. The van der Waals surface area contributed by atoms with Crippen molar-refractivity contribution < 1.29 is 4.74 Å². The van der Waals surface area contributed by atoms with Crippen LogP contribution in [0.2, 0.25) is 0 Å². The van der Waals surface area contributed by atoms with Crippen molar-refractivity contribution in [3.05, 3.63) is 47.9 Å². The maximum Gasteiger partial charge on any atom is 0.189 e. The standard InChI is InChI=1S/C14H14N4O/c1-3-19-11-5-7-14(17-9-11)18-13-6-4-10(16-2)8-12(13)15/h4-9H,3,15H2,1H3,(H,17,18). The van der Waals surface area contributed by atoms with E-state index in [-0.39, 0.29) is 0 Å². The number of nitrogens with zero attached hydrogens (tertiary/aromatic N) is 2. The smallest absolute Gasteiger partial charge is 0.189 e. The van der Waals surface area contributed by atoms with E-state index in [4.69, 9.17) is 17.0 Å². The van der Waals surface area contributed by atoms with Crippen LogP contribution in [0.1, 0.15) is 6.92 Å². The highest BCUT2D eigenvalue weighted by Gasteiger charge is 2.02. The lowest BCUT2D eigenvalue weighted by atomic mass is 10.2. The second-order valence-corrected chi connectivity index (χ2v) is 3.82. The van der Waals surface area contributed by atoms with Crippen molar-refractivity contribution in [3.63, 3.8) is 0 Å². The summed E-state index contributed by atoms with van der Waals surface area (Å²) in [5.41, 5.74) is 7.62. The Hall–Kier alpha value is -2.74. The molecule has 0 unspecified atom stereocenters. The van der Waals surface area contributed by atoms with E-state index in [2.05, 4.69) is 15.1 Å². The van der Waals surface area contributed by atoms with Crippen LogP contribution in [0, 0.1) is 6.57 Å². The van der Waals surface area contributed by atoms with E-state index in [0.29, 0.717) is 23.8 Å². The SMILES string of the molecule is [C-]#[N+]c1ccc(Nc2ccc(OCC)cn2)c(N)c1. The van der Waals surface area contributed by atoms with Crippen molar-refractivity contribution in [1.82, 2.24) is 4.98 Å². The van der Waals surface area contributed by atoms with E-state index in [1.807, 2.05) is 19.1 Å². The Bertz CT molecular complexity index is 602. The fraction of sp³-hybridized carbons (Fsp3) is 0.143. The highest BCUT2D eigenvalue weighted by molar-refractivity contribution is 5.75. The van der Waals surface area contributed by atoms with Crippen molar-refractivity contribution >= 4 is 22.9 Å². The number of aromatic nitrogens is 1. The Morgan fingerprint density at radius 1 is 1.37 bits per heavy atom. The molecule has 1 heterocycles. The van der Waals surface area contributed by atoms with Gasteiger partial charge in [-0.05, 0) is 31.2 Å². The van der Waals surface area contributed by atoms with Crippen LogP contribution in [-0.2, 0) is 0 Å². The third-order valence-electron chi connectivity index (χ3n) is 2.47. The maximum absolute atomic E-state index is 6.92. The fourth-order valence-corrected chi connectivity index (χ4v) is 1.58. The normalized spacial score (nSPS) is 9.68. The number of nitrogens with two attached hydrogens (primary N) is 1. The van der Waals surface area contributed by atoms with Crippen molar-refractivity contribution in [1.29, 1.82) is 0 Å². The molecule has 2 aromatic rings. The van der Waals surface area contributed by atoms with Crippen LogP contribution < -0.4 is 15.8 Å². The molecule has 0 aliphatic heterocycles. The van der Waals surface area contributed by atoms with Gasteiger partial charge in [0.15, 0.2) is 5.69 Å². The molecule has 19 heavy (non-hydrogen) atoms. The molecule has 5 nitrogen and oxygen atoms in total. The summed E-state index contributed by atoms with van der Waals surface area (Å²) in [5, 5.41) is 3.10. The number of hydrogen-bond donors (Lipinski definition) is 2. The number of nitrogen functional groups attached to an aromatic ring is 1. The Labute approximate surface area is 111 Å². The average Bonchev–Trinajstić information content (AvgIpc) is 2.43. The lowest BCUT2D eigenvalue weighted by Crippen LogP contribution is -1.98. The topological polar surface area (TPSA) is 64.5 Å². The van der Waals surface area contributed by atoms with Gasteiger partial charge in [-0.25, -0.2) is 9.83 Å². The maximum atomic E-state index is 6.92. The third-order valence-corrected chi connectivity index (χ3v) is 2.47. The zero-order valence-electron chi connectivity index (χ0n) is 10.6. The molecule has 0 bridgehead atoms. The van der Waals surface area contributed by atoms with Crippen molar-refractivity contribution in [2.75, 3.05) is 17.7 Å². The Morgan fingerprint density at radius 2 is 2.21 bits per heavy atom. The van der Waals surface area contributed by atoms with Gasteiger partial charge in [0.1, 0.15) is 11.6 Å². The first kappa shape index (κ1) is 12.7. The molecule has 0 aliphatic rings. The van der Waals surface area contributed by atoms with Gasteiger partial charge in [0, 0.05) is 5.69 Å². The van der Waals surface area contributed by atoms with Crippen LogP contribution in [0.25, 0.3) is 4.85 Å². The summed E-state index contributed by atoms with van der Waals surface area (Å²) in [7, 11) is 0. The highest BCUT2D eigenvalue weighted by Crippen LogP contribution is 2.27. The van der Waals surface area contributed by atoms with Crippen LogP contribution in [-0.4, -0.2) is 11.6 Å². The predicted octanol–water partition coefficient (Wildman–Crippen LogP) is 3.36. The van der Waals surface area contributed by atoms with Gasteiger partial charge in [-0.1, -0.05) is 6.07 Å². The van der Waals surface area contributed by atoms with Gasteiger partial charge in [-0.15, -0.1) is 0 Å². The number of nitrogens with one attached hydrogen (secondary N) is 1. The molecule has 0 saturated heterocycles. The molecule has 1 aromatic heterocycles. The molecule has 0 fully saturated rings. The number of benzene rings is 1. The first-order chi connectivity index (χ1) is 9.22. The number of ether oxygens (including phenoxy) is 1. The number of anilines is 3. The molecule has 96 valence electrons. The minimum absolute atomic E-state index is 0.516. The molecule has 0 spiro atoms. The second-order valence-electron chi connectivity index (χ2n) is 3.82.